The van der Waals surface area contributed by atoms with Crippen molar-refractivity contribution < 1.29 is 14.6 Å². The van der Waals surface area contributed by atoms with Crippen LogP contribution in [-0.4, -0.2) is 31.0 Å². The Balaban J connectivity index is 2.94. The van der Waals surface area contributed by atoms with E-state index < -0.39 is 5.60 Å². The van der Waals surface area contributed by atoms with Crippen molar-refractivity contribution in [2.24, 2.45) is 0 Å². The third kappa shape index (κ3) is 3.69. The molecule has 96 valence electrons. The van der Waals surface area contributed by atoms with Crippen LogP contribution in [0, 0.1) is 0 Å². The van der Waals surface area contributed by atoms with Crippen molar-refractivity contribution in [1.82, 2.24) is 0 Å². The van der Waals surface area contributed by atoms with Crippen LogP contribution in [-0.2, 0) is 11.2 Å². The van der Waals surface area contributed by atoms with Gasteiger partial charge in [0, 0.05) is 18.0 Å². The molecule has 2 atom stereocenters. The molecule has 0 bridgehead atoms. The van der Waals surface area contributed by atoms with Crippen LogP contribution < -0.4 is 4.74 Å². The Labute approximate surface area is 111 Å². The van der Waals surface area contributed by atoms with Crippen LogP contribution in [0.25, 0.3) is 0 Å². The van der Waals surface area contributed by atoms with Crippen LogP contribution in [0.5, 0.6) is 5.75 Å². The summed E-state index contributed by atoms with van der Waals surface area (Å²) in [7, 11) is 3.22. The van der Waals surface area contributed by atoms with E-state index in [0.29, 0.717) is 6.42 Å². The molecule has 17 heavy (non-hydrogen) atoms. The molecule has 0 radical (unpaired) electrons. The van der Waals surface area contributed by atoms with E-state index in [1.54, 1.807) is 21.1 Å². The SMILES string of the molecule is COc1ccc(Br)c(CC(C)(O)C(C)OC)c1. The van der Waals surface area contributed by atoms with Crippen molar-refractivity contribution in [2.75, 3.05) is 14.2 Å². The van der Waals surface area contributed by atoms with Gasteiger partial charge in [0.05, 0.1) is 18.8 Å². The highest BCUT2D eigenvalue weighted by atomic mass is 79.9. The number of benzene rings is 1. The average molecular weight is 303 g/mol. The Morgan fingerprint density at radius 1 is 1.41 bits per heavy atom. The summed E-state index contributed by atoms with van der Waals surface area (Å²) >= 11 is 3.48. The highest BCUT2D eigenvalue weighted by Gasteiger charge is 2.29. The lowest BCUT2D eigenvalue weighted by Gasteiger charge is -2.29. The zero-order valence-corrected chi connectivity index (χ0v) is 12.2. The smallest absolute Gasteiger partial charge is 0.119 e. The molecule has 0 aromatic heterocycles. The standard InChI is InChI=1S/C13H19BrO3/c1-9(16-3)13(2,15)8-10-7-11(17-4)5-6-12(10)14/h5-7,9,15H,8H2,1-4H3. The summed E-state index contributed by atoms with van der Waals surface area (Å²) < 4.78 is 11.3. The highest BCUT2D eigenvalue weighted by Crippen LogP contribution is 2.27. The molecule has 0 aliphatic carbocycles. The molecule has 0 amide bonds. The predicted octanol–water partition coefficient (Wildman–Crippen LogP) is 2.79. The van der Waals surface area contributed by atoms with Gasteiger partial charge in [0.15, 0.2) is 0 Å². The summed E-state index contributed by atoms with van der Waals surface area (Å²) in [5, 5.41) is 10.3. The molecule has 1 rings (SSSR count). The Bertz CT molecular complexity index is 377. The van der Waals surface area contributed by atoms with Crippen LogP contribution in [0.2, 0.25) is 0 Å². The third-order valence-corrected chi connectivity index (χ3v) is 3.80. The van der Waals surface area contributed by atoms with Crippen molar-refractivity contribution in [1.29, 1.82) is 0 Å². The second kappa shape index (κ2) is 5.85. The molecular formula is C13H19BrO3. The monoisotopic (exact) mass is 302 g/mol. The van der Waals surface area contributed by atoms with Gasteiger partial charge in [-0.3, -0.25) is 0 Å². The summed E-state index contributed by atoms with van der Waals surface area (Å²) in [5.74, 6) is 0.782. The fraction of sp³-hybridized carbons (Fsp3) is 0.538. The maximum absolute atomic E-state index is 10.3. The van der Waals surface area contributed by atoms with E-state index in [1.807, 2.05) is 25.1 Å². The summed E-state index contributed by atoms with van der Waals surface area (Å²) in [6.07, 6.45) is 0.264. The Kier molecular flexibility index (Phi) is 4.98. The molecule has 1 aromatic carbocycles. The summed E-state index contributed by atoms with van der Waals surface area (Å²) in [4.78, 5) is 0. The number of hydrogen-bond acceptors (Lipinski definition) is 3. The van der Waals surface area contributed by atoms with Gasteiger partial charge >= 0.3 is 0 Å². The largest absolute Gasteiger partial charge is 0.497 e. The number of methoxy groups -OCH3 is 2. The maximum atomic E-state index is 10.3. The van der Waals surface area contributed by atoms with Crippen LogP contribution >= 0.6 is 15.9 Å². The van der Waals surface area contributed by atoms with Gasteiger partial charge in [-0.1, -0.05) is 15.9 Å². The summed E-state index contributed by atoms with van der Waals surface area (Å²) in [6, 6.07) is 5.71. The molecule has 0 aliphatic heterocycles. The normalized spacial score (nSPS) is 16.4. The fourth-order valence-electron chi connectivity index (χ4n) is 1.60. The minimum absolute atomic E-state index is 0.236. The molecule has 0 fully saturated rings. The molecule has 4 heteroatoms. The minimum Gasteiger partial charge on any atom is -0.497 e. The average Bonchev–Trinajstić information content (AvgIpc) is 2.30. The second-order valence-electron chi connectivity index (χ2n) is 4.37. The van der Waals surface area contributed by atoms with Crippen LogP contribution in [0.1, 0.15) is 19.4 Å². The Morgan fingerprint density at radius 3 is 2.59 bits per heavy atom. The molecule has 1 aromatic rings. The van der Waals surface area contributed by atoms with E-state index in [4.69, 9.17) is 9.47 Å². The van der Waals surface area contributed by atoms with E-state index in [-0.39, 0.29) is 6.10 Å². The zero-order valence-electron chi connectivity index (χ0n) is 10.7. The lowest BCUT2D eigenvalue weighted by Crippen LogP contribution is -2.40. The first-order valence-electron chi connectivity index (χ1n) is 5.48. The molecular weight excluding hydrogens is 284 g/mol. The van der Waals surface area contributed by atoms with Crippen molar-refractivity contribution in [3.05, 3.63) is 28.2 Å². The van der Waals surface area contributed by atoms with Gasteiger partial charge in [0.1, 0.15) is 5.75 Å². The van der Waals surface area contributed by atoms with Gasteiger partial charge < -0.3 is 14.6 Å². The van der Waals surface area contributed by atoms with Crippen LogP contribution in [0.15, 0.2) is 22.7 Å². The summed E-state index contributed by atoms with van der Waals surface area (Å²) in [5.41, 5.74) is 0.0853. The highest BCUT2D eigenvalue weighted by molar-refractivity contribution is 9.10. The molecule has 0 spiro atoms. The van der Waals surface area contributed by atoms with E-state index in [0.717, 1.165) is 15.8 Å². The summed E-state index contributed by atoms with van der Waals surface area (Å²) in [6.45, 7) is 3.63. The number of halogens is 1. The molecule has 0 saturated heterocycles. The molecule has 3 nitrogen and oxygen atoms in total. The minimum atomic E-state index is -0.913. The van der Waals surface area contributed by atoms with Crippen LogP contribution in [0.4, 0.5) is 0 Å². The van der Waals surface area contributed by atoms with Crippen molar-refractivity contribution in [2.45, 2.75) is 32.0 Å². The van der Waals surface area contributed by atoms with E-state index in [9.17, 15) is 5.11 Å². The topological polar surface area (TPSA) is 38.7 Å². The number of rotatable bonds is 5. The van der Waals surface area contributed by atoms with E-state index in [2.05, 4.69) is 15.9 Å². The molecule has 0 saturated carbocycles. The van der Waals surface area contributed by atoms with Gasteiger partial charge in [-0.2, -0.15) is 0 Å². The van der Waals surface area contributed by atoms with Gasteiger partial charge in [-0.25, -0.2) is 0 Å². The maximum Gasteiger partial charge on any atom is 0.119 e. The van der Waals surface area contributed by atoms with Gasteiger partial charge in [0.25, 0.3) is 0 Å². The molecule has 0 aliphatic rings. The Morgan fingerprint density at radius 2 is 2.06 bits per heavy atom. The van der Waals surface area contributed by atoms with Crippen LogP contribution in [0.3, 0.4) is 0 Å². The van der Waals surface area contributed by atoms with Crippen molar-refractivity contribution in [3.8, 4) is 5.75 Å². The quantitative estimate of drug-likeness (QED) is 0.909. The number of ether oxygens (including phenoxy) is 2. The first-order valence-corrected chi connectivity index (χ1v) is 6.27. The van der Waals surface area contributed by atoms with Crippen molar-refractivity contribution >= 4 is 15.9 Å². The fourth-order valence-corrected chi connectivity index (χ4v) is 1.98. The first-order chi connectivity index (χ1) is 7.90. The lowest BCUT2D eigenvalue weighted by atomic mass is 9.91. The van der Waals surface area contributed by atoms with E-state index in [1.165, 1.54) is 0 Å². The van der Waals surface area contributed by atoms with Crippen molar-refractivity contribution in [3.63, 3.8) is 0 Å². The molecule has 0 heterocycles. The Hall–Kier alpha value is -0.580. The molecule has 1 N–H and O–H groups in total. The van der Waals surface area contributed by atoms with E-state index >= 15 is 0 Å². The third-order valence-electron chi connectivity index (χ3n) is 3.03. The lowest BCUT2D eigenvalue weighted by molar-refractivity contribution is -0.0716. The first kappa shape index (κ1) is 14.5. The van der Waals surface area contributed by atoms with Gasteiger partial charge in [0.2, 0.25) is 0 Å². The van der Waals surface area contributed by atoms with Gasteiger partial charge in [-0.05, 0) is 37.6 Å². The number of aliphatic hydroxyl groups is 1. The second-order valence-corrected chi connectivity index (χ2v) is 5.22. The predicted molar refractivity (Wildman–Crippen MR) is 71.5 cm³/mol. The van der Waals surface area contributed by atoms with Gasteiger partial charge in [-0.15, -0.1) is 0 Å². The number of hydrogen-bond donors (Lipinski definition) is 1. The molecule has 2 unspecified atom stereocenters. The zero-order chi connectivity index (χ0) is 13.1.